The molecule has 0 saturated heterocycles. The minimum atomic E-state index is -0.366. The van der Waals surface area contributed by atoms with Gasteiger partial charge < -0.3 is 20.1 Å². The number of ether oxygens (including phenoxy) is 2. The van der Waals surface area contributed by atoms with Gasteiger partial charge in [-0.15, -0.1) is 0 Å². The molecule has 5 rings (SSSR count). The summed E-state index contributed by atoms with van der Waals surface area (Å²) in [5.41, 5.74) is 3.93. The Morgan fingerprint density at radius 2 is 0.909 bits per heavy atom. The van der Waals surface area contributed by atoms with E-state index in [-0.39, 0.29) is 11.8 Å². The first-order chi connectivity index (χ1) is 21.5. The highest BCUT2D eigenvalue weighted by Gasteiger charge is 2.18. The number of benzene rings is 5. The van der Waals surface area contributed by atoms with Gasteiger partial charge in [-0.1, -0.05) is 105 Å². The van der Waals surface area contributed by atoms with E-state index < -0.39 is 0 Å². The van der Waals surface area contributed by atoms with E-state index >= 15 is 0 Å². The first kappa shape index (κ1) is 31.0. The van der Waals surface area contributed by atoms with E-state index in [1.54, 1.807) is 48.5 Å². The van der Waals surface area contributed by atoms with E-state index in [1.165, 1.54) is 0 Å². The number of halogens is 2. The molecule has 0 radical (unpaired) electrons. The second-order valence-corrected chi connectivity index (χ2v) is 11.7. The summed E-state index contributed by atoms with van der Waals surface area (Å²) in [4.78, 5) is 27.0. The van der Waals surface area contributed by atoms with Gasteiger partial charge in [0, 0.05) is 21.8 Å². The van der Waals surface area contributed by atoms with Crippen LogP contribution < -0.4 is 20.1 Å². The molecule has 0 fully saturated rings. The molecule has 8 heteroatoms. The summed E-state index contributed by atoms with van der Waals surface area (Å²) >= 11 is 6.93. The van der Waals surface area contributed by atoms with Gasteiger partial charge in [0.25, 0.3) is 11.8 Å². The molecule has 5 aromatic rings. The summed E-state index contributed by atoms with van der Waals surface area (Å²) in [7, 11) is 0. The highest BCUT2D eigenvalue weighted by atomic mass is 79.9. The molecule has 2 N–H and O–H groups in total. The summed E-state index contributed by atoms with van der Waals surface area (Å²) in [6.07, 6.45) is 1.42. The van der Waals surface area contributed by atoms with Gasteiger partial charge >= 0.3 is 0 Å². The zero-order chi connectivity index (χ0) is 30.7. The van der Waals surface area contributed by atoms with E-state index in [2.05, 4.69) is 42.5 Å². The lowest BCUT2D eigenvalue weighted by Crippen LogP contribution is -2.18. The van der Waals surface area contributed by atoms with Crippen LogP contribution >= 0.6 is 31.9 Å². The van der Waals surface area contributed by atoms with Gasteiger partial charge in [-0.3, -0.25) is 9.59 Å². The van der Waals surface area contributed by atoms with Gasteiger partial charge in [0.05, 0.1) is 35.7 Å². The minimum Gasteiger partial charge on any atom is -0.492 e. The average molecular weight is 714 g/mol. The van der Waals surface area contributed by atoms with Crippen molar-refractivity contribution in [1.82, 2.24) is 0 Å². The summed E-state index contributed by atoms with van der Waals surface area (Å²) in [5, 5.41) is 5.89. The minimum absolute atomic E-state index is 0.366. The number of anilines is 2. The quantitative estimate of drug-likeness (QED) is 0.135. The number of nitrogens with one attached hydrogen (secondary N) is 2. The number of hydrogen-bond acceptors (Lipinski definition) is 4. The smallest absolute Gasteiger partial charge is 0.259 e. The van der Waals surface area contributed by atoms with Crippen LogP contribution in [0.1, 0.15) is 31.8 Å². The molecule has 44 heavy (non-hydrogen) atoms. The molecule has 0 aliphatic carbocycles. The van der Waals surface area contributed by atoms with Crippen LogP contribution in [0.15, 0.2) is 130 Å². The van der Waals surface area contributed by atoms with Gasteiger partial charge in [-0.05, 0) is 59.7 Å². The van der Waals surface area contributed by atoms with E-state index in [0.29, 0.717) is 60.1 Å². The fourth-order valence-electron chi connectivity index (χ4n) is 4.54. The van der Waals surface area contributed by atoms with Crippen molar-refractivity contribution in [2.75, 3.05) is 23.8 Å². The third kappa shape index (κ3) is 8.58. The van der Waals surface area contributed by atoms with Crippen LogP contribution in [0, 0.1) is 0 Å². The molecule has 5 aromatic carbocycles. The summed E-state index contributed by atoms with van der Waals surface area (Å²) in [6, 6.07) is 37.7. The number of amides is 2. The predicted octanol–water partition coefficient (Wildman–Crippen LogP) is 8.96. The molecule has 2 amide bonds. The van der Waals surface area contributed by atoms with Crippen molar-refractivity contribution in [3.63, 3.8) is 0 Å². The Morgan fingerprint density at radius 3 is 1.32 bits per heavy atom. The SMILES string of the molecule is O=C(Nc1ccccc1NC(=O)c1cc(Br)ccc1OCCc1ccccc1)c1cc(Br)ccc1OCCc1ccccc1. The zero-order valence-corrected chi connectivity index (χ0v) is 26.9. The zero-order valence-electron chi connectivity index (χ0n) is 23.8. The lowest BCUT2D eigenvalue weighted by Gasteiger charge is -2.16. The van der Waals surface area contributed by atoms with Crippen LogP contribution in [0.4, 0.5) is 11.4 Å². The molecule has 222 valence electrons. The highest BCUT2D eigenvalue weighted by molar-refractivity contribution is 9.10. The second kappa shape index (κ2) is 15.4. The van der Waals surface area contributed by atoms with Crippen molar-refractivity contribution < 1.29 is 19.1 Å². The standard InChI is InChI=1S/C36H30Br2N2O4/c37-27-15-17-33(43-21-19-25-9-3-1-4-10-25)29(23-27)35(41)39-31-13-7-8-14-32(31)40-36(42)30-24-28(38)16-18-34(30)44-22-20-26-11-5-2-6-12-26/h1-18,23-24H,19-22H2,(H,39,41)(H,40,42). The van der Waals surface area contributed by atoms with Crippen molar-refractivity contribution in [1.29, 1.82) is 0 Å². The maximum absolute atomic E-state index is 13.5. The van der Waals surface area contributed by atoms with E-state index in [0.717, 1.165) is 20.1 Å². The predicted molar refractivity (Wildman–Crippen MR) is 182 cm³/mol. The van der Waals surface area contributed by atoms with E-state index in [4.69, 9.17) is 9.47 Å². The normalized spacial score (nSPS) is 10.6. The monoisotopic (exact) mass is 712 g/mol. The molecule has 0 heterocycles. The van der Waals surface area contributed by atoms with Gasteiger partial charge in [0.1, 0.15) is 11.5 Å². The van der Waals surface area contributed by atoms with Crippen LogP contribution in [0.2, 0.25) is 0 Å². The molecule has 0 atom stereocenters. The molecule has 0 bridgehead atoms. The molecule has 0 aromatic heterocycles. The lowest BCUT2D eigenvalue weighted by atomic mass is 10.1. The molecular formula is C36H30Br2N2O4. The number of carbonyl (C=O) groups is 2. The molecular weight excluding hydrogens is 684 g/mol. The number of hydrogen-bond donors (Lipinski definition) is 2. The maximum Gasteiger partial charge on any atom is 0.259 e. The van der Waals surface area contributed by atoms with E-state index in [1.807, 2.05) is 72.8 Å². The third-order valence-corrected chi connectivity index (χ3v) is 7.76. The largest absolute Gasteiger partial charge is 0.492 e. The fourth-order valence-corrected chi connectivity index (χ4v) is 5.26. The average Bonchev–Trinajstić information content (AvgIpc) is 3.04. The summed E-state index contributed by atoms with van der Waals surface area (Å²) in [5.74, 6) is 0.203. The summed E-state index contributed by atoms with van der Waals surface area (Å²) in [6.45, 7) is 0.835. The third-order valence-electron chi connectivity index (χ3n) is 6.78. The van der Waals surface area contributed by atoms with E-state index in [9.17, 15) is 9.59 Å². The first-order valence-electron chi connectivity index (χ1n) is 14.1. The Bertz CT molecular complexity index is 1600. The molecule has 0 aliphatic heterocycles. The van der Waals surface area contributed by atoms with Gasteiger partial charge in [-0.25, -0.2) is 0 Å². The Labute approximate surface area is 273 Å². The van der Waals surface area contributed by atoms with Crippen molar-refractivity contribution in [3.05, 3.63) is 153 Å². The van der Waals surface area contributed by atoms with Crippen LogP contribution in [0.5, 0.6) is 11.5 Å². The van der Waals surface area contributed by atoms with Gasteiger partial charge in [0.2, 0.25) is 0 Å². The first-order valence-corrected chi connectivity index (χ1v) is 15.7. The van der Waals surface area contributed by atoms with Crippen LogP contribution in [0.3, 0.4) is 0 Å². The molecule has 0 aliphatic rings. The maximum atomic E-state index is 13.5. The number of rotatable bonds is 12. The molecule has 6 nitrogen and oxygen atoms in total. The molecule has 0 spiro atoms. The summed E-state index contributed by atoms with van der Waals surface area (Å²) < 4.78 is 13.5. The number of carbonyl (C=O) groups excluding carboxylic acids is 2. The Morgan fingerprint density at radius 1 is 0.523 bits per heavy atom. The van der Waals surface area contributed by atoms with Crippen LogP contribution in [-0.2, 0) is 12.8 Å². The van der Waals surface area contributed by atoms with Crippen molar-refractivity contribution >= 4 is 55.0 Å². The van der Waals surface area contributed by atoms with Crippen molar-refractivity contribution in [2.24, 2.45) is 0 Å². The fraction of sp³-hybridized carbons (Fsp3) is 0.111. The van der Waals surface area contributed by atoms with Crippen molar-refractivity contribution in [3.8, 4) is 11.5 Å². The Balaban J connectivity index is 1.28. The van der Waals surface area contributed by atoms with Crippen LogP contribution in [0.25, 0.3) is 0 Å². The Hall–Kier alpha value is -4.40. The second-order valence-electron chi connectivity index (χ2n) is 9.90. The molecule has 0 saturated carbocycles. The van der Waals surface area contributed by atoms with Crippen LogP contribution in [-0.4, -0.2) is 25.0 Å². The van der Waals surface area contributed by atoms with Gasteiger partial charge in [0.15, 0.2) is 0 Å². The number of para-hydroxylation sites is 2. The molecule has 0 unspecified atom stereocenters. The van der Waals surface area contributed by atoms with Crippen molar-refractivity contribution in [2.45, 2.75) is 12.8 Å². The lowest BCUT2D eigenvalue weighted by molar-refractivity contribution is 0.101. The Kier molecular flexibility index (Phi) is 10.8. The highest BCUT2D eigenvalue weighted by Crippen LogP contribution is 2.29. The topological polar surface area (TPSA) is 76.7 Å². The van der Waals surface area contributed by atoms with Gasteiger partial charge in [-0.2, -0.15) is 0 Å².